The average Bonchev–Trinajstić information content (AvgIpc) is 2.55. The third kappa shape index (κ3) is 2.44. The van der Waals surface area contributed by atoms with E-state index in [0.717, 1.165) is 39.0 Å². The quantitative estimate of drug-likeness (QED) is 0.591. The molecule has 2 N–H and O–H groups in total. The summed E-state index contributed by atoms with van der Waals surface area (Å²) >= 11 is 0. The fourth-order valence-electron chi connectivity index (χ4n) is 1.81. The van der Waals surface area contributed by atoms with Gasteiger partial charge in [-0.15, -0.1) is 0 Å². The highest BCUT2D eigenvalue weighted by Gasteiger charge is 2.32. The summed E-state index contributed by atoms with van der Waals surface area (Å²) in [6.07, 6.45) is 3.23. The minimum atomic E-state index is 0.151. The zero-order chi connectivity index (χ0) is 8.86. The summed E-state index contributed by atoms with van der Waals surface area (Å²) in [6, 6.07) is 0. The van der Waals surface area contributed by atoms with Gasteiger partial charge in [-0.2, -0.15) is 0 Å². The van der Waals surface area contributed by atoms with Crippen molar-refractivity contribution in [3.05, 3.63) is 0 Å². The number of hydrogen-bond donors (Lipinski definition) is 2. The minimum absolute atomic E-state index is 0.151. The number of aliphatic hydroxyl groups is 1. The Morgan fingerprint density at radius 1 is 1.58 bits per heavy atom. The molecule has 0 aliphatic carbocycles. The molecular weight excluding hydrogens is 154 g/mol. The first kappa shape index (κ1) is 9.96. The van der Waals surface area contributed by atoms with Crippen LogP contribution in [0.4, 0.5) is 0 Å². The molecule has 0 spiro atoms. The summed E-state index contributed by atoms with van der Waals surface area (Å²) in [4.78, 5) is 0. The molecule has 1 atom stereocenters. The Hall–Kier alpha value is -0.120. The standard InChI is InChI=1S/C9H19NO2/c1-12-6-2-3-9(8-11)4-5-10-7-9/h10-11H,2-8H2,1H3/t9-/m0/s1. The molecule has 0 bridgehead atoms. The van der Waals surface area contributed by atoms with Gasteiger partial charge in [-0.05, 0) is 25.8 Å². The van der Waals surface area contributed by atoms with E-state index in [4.69, 9.17) is 4.74 Å². The van der Waals surface area contributed by atoms with E-state index in [9.17, 15) is 5.11 Å². The first-order chi connectivity index (χ1) is 5.83. The maximum absolute atomic E-state index is 9.24. The van der Waals surface area contributed by atoms with Gasteiger partial charge in [0.25, 0.3) is 0 Å². The maximum atomic E-state index is 9.24. The van der Waals surface area contributed by atoms with Crippen molar-refractivity contribution in [2.75, 3.05) is 33.4 Å². The molecule has 1 rings (SSSR count). The highest BCUT2D eigenvalue weighted by molar-refractivity contribution is 4.86. The van der Waals surface area contributed by atoms with E-state index in [-0.39, 0.29) is 5.41 Å². The van der Waals surface area contributed by atoms with Crippen molar-refractivity contribution in [1.29, 1.82) is 0 Å². The monoisotopic (exact) mass is 173 g/mol. The van der Waals surface area contributed by atoms with Crippen molar-refractivity contribution >= 4 is 0 Å². The summed E-state index contributed by atoms with van der Waals surface area (Å²) in [5.74, 6) is 0. The first-order valence-electron chi connectivity index (χ1n) is 4.63. The molecule has 0 amide bonds. The smallest absolute Gasteiger partial charge is 0.0500 e. The third-order valence-corrected chi connectivity index (χ3v) is 2.72. The molecule has 0 radical (unpaired) electrons. The Labute approximate surface area is 74.1 Å². The van der Waals surface area contributed by atoms with E-state index in [1.165, 1.54) is 0 Å². The van der Waals surface area contributed by atoms with Gasteiger partial charge in [-0.25, -0.2) is 0 Å². The normalized spacial score (nSPS) is 29.5. The topological polar surface area (TPSA) is 41.5 Å². The van der Waals surface area contributed by atoms with Gasteiger partial charge >= 0.3 is 0 Å². The molecule has 72 valence electrons. The predicted octanol–water partition coefficient (Wildman–Crippen LogP) is 0.385. The van der Waals surface area contributed by atoms with Crippen molar-refractivity contribution in [2.24, 2.45) is 5.41 Å². The number of aliphatic hydroxyl groups excluding tert-OH is 1. The number of rotatable bonds is 5. The fourth-order valence-corrected chi connectivity index (χ4v) is 1.81. The molecule has 12 heavy (non-hydrogen) atoms. The third-order valence-electron chi connectivity index (χ3n) is 2.72. The van der Waals surface area contributed by atoms with E-state index < -0.39 is 0 Å². The lowest BCUT2D eigenvalue weighted by Crippen LogP contribution is -2.28. The van der Waals surface area contributed by atoms with E-state index in [1.54, 1.807) is 7.11 Å². The molecule has 1 saturated heterocycles. The van der Waals surface area contributed by atoms with Crippen LogP contribution in [0.15, 0.2) is 0 Å². The van der Waals surface area contributed by atoms with Crippen LogP contribution >= 0.6 is 0 Å². The van der Waals surface area contributed by atoms with Crippen LogP contribution in [0, 0.1) is 5.41 Å². The Balaban J connectivity index is 2.24. The minimum Gasteiger partial charge on any atom is -0.396 e. The fraction of sp³-hybridized carbons (Fsp3) is 1.00. The molecule has 0 saturated carbocycles. The van der Waals surface area contributed by atoms with Crippen molar-refractivity contribution in [3.63, 3.8) is 0 Å². The van der Waals surface area contributed by atoms with Crippen LogP contribution in [0.1, 0.15) is 19.3 Å². The van der Waals surface area contributed by atoms with Gasteiger partial charge in [0.05, 0.1) is 0 Å². The van der Waals surface area contributed by atoms with Crippen molar-refractivity contribution < 1.29 is 9.84 Å². The number of ether oxygens (including phenoxy) is 1. The Morgan fingerprint density at radius 3 is 2.92 bits per heavy atom. The van der Waals surface area contributed by atoms with Gasteiger partial charge in [-0.1, -0.05) is 0 Å². The molecule has 0 unspecified atom stereocenters. The van der Waals surface area contributed by atoms with Gasteiger partial charge in [-0.3, -0.25) is 0 Å². The summed E-state index contributed by atoms with van der Waals surface area (Å²) in [6.45, 7) is 3.13. The summed E-state index contributed by atoms with van der Waals surface area (Å²) < 4.78 is 4.99. The molecule has 0 aromatic heterocycles. The second-order valence-electron chi connectivity index (χ2n) is 3.68. The number of nitrogens with one attached hydrogen (secondary N) is 1. The van der Waals surface area contributed by atoms with Crippen LogP contribution in [-0.2, 0) is 4.74 Å². The van der Waals surface area contributed by atoms with Gasteiger partial charge < -0.3 is 15.2 Å². The summed E-state index contributed by atoms with van der Waals surface area (Å²) in [7, 11) is 1.72. The average molecular weight is 173 g/mol. The second-order valence-corrected chi connectivity index (χ2v) is 3.68. The van der Waals surface area contributed by atoms with Crippen LogP contribution in [-0.4, -0.2) is 38.5 Å². The van der Waals surface area contributed by atoms with E-state index in [1.807, 2.05) is 0 Å². The predicted molar refractivity (Wildman–Crippen MR) is 48.1 cm³/mol. The molecule has 1 aliphatic rings. The molecule has 0 aromatic rings. The largest absolute Gasteiger partial charge is 0.396 e. The Morgan fingerprint density at radius 2 is 2.42 bits per heavy atom. The van der Waals surface area contributed by atoms with E-state index >= 15 is 0 Å². The Bertz CT molecular complexity index is 122. The van der Waals surface area contributed by atoms with Crippen molar-refractivity contribution in [3.8, 4) is 0 Å². The van der Waals surface area contributed by atoms with Gasteiger partial charge in [0.2, 0.25) is 0 Å². The number of hydrogen-bond acceptors (Lipinski definition) is 3. The van der Waals surface area contributed by atoms with Crippen molar-refractivity contribution in [1.82, 2.24) is 5.32 Å². The lowest BCUT2D eigenvalue weighted by molar-refractivity contribution is 0.113. The lowest BCUT2D eigenvalue weighted by Gasteiger charge is -2.25. The SMILES string of the molecule is COCCC[C@]1(CO)CCNC1. The van der Waals surface area contributed by atoms with Crippen LogP contribution in [0.5, 0.6) is 0 Å². The van der Waals surface area contributed by atoms with Gasteiger partial charge in [0, 0.05) is 32.3 Å². The second kappa shape index (κ2) is 4.80. The van der Waals surface area contributed by atoms with E-state index in [2.05, 4.69) is 5.32 Å². The van der Waals surface area contributed by atoms with Crippen LogP contribution in [0.2, 0.25) is 0 Å². The highest BCUT2D eigenvalue weighted by Crippen LogP contribution is 2.29. The summed E-state index contributed by atoms with van der Waals surface area (Å²) in [5.41, 5.74) is 0.151. The highest BCUT2D eigenvalue weighted by atomic mass is 16.5. The molecule has 0 aromatic carbocycles. The zero-order valence-electron chi connectivity index (χ0n) is 7.81. The lowest BCUT2D eigenvalue weighted by atomic mass is 9.83. The molecule has 1 fully saturated rings. The zero-order valence-corrected chi connectivity index (χ0v) is 7.81. The van der Waals surface area contributed by atoms with Gasteiger partial charge in [0.15, 0.2) is 0 Å². The first-order valence-corrected chi connectivity index (χ1v) is 4.63. The molecule has 3 heteroatoms. The molecule has 1 heterocycles. The number of methoxy groups -OCH3 is 1. The van der Waals surface area contributed by atoms with E-state index in [0.29, 0.717) is 6.61 Å². The van der Waals surface area contributed by atoms with Crippen LogP contribution in [0.3, 0.4) is 0 Å². The van der Waals surface area contributed by atoms with Crippen molar-refractivity contribution in [2.45, 2.75) is 19.3 Å². The molecule has 1 aliphatic heterocycles. The summed E-state index contributed by atoms with van der Waals surface area (Å²) in [5, 5.41) is 12.5. The Kier molecular flexibility index (Phi) is 3.98. The van der Waals surface area contributed by atoms with Crippen LogP contribution < -0.4 is 5.32 Å². The maximum Gasteiger partial charge on any atom is 0.0500 e. The van der Waals surface area contributed by atoms with Gasteiger partial charge in [0.1, 0.15) is 0 Å². The molecular formula is C9H19NO2. The van der Waals surface area contributed by atoms with Crippen LogP contribution in [0.25, 0.3) is 0 Å². The molecule has 3 nitrogen and oxygen atoms in total.